The Labute approximate surface area is 149 Å². The van der Waals surface area contributed by atoms with Gasteiger partial charge in [-0.1, -0.05) is 24.8 Å². The van der Waals surface area contributed by atoms with E-state index in [4.69, 9.17) is 0 Å². The molecule has 2 nitrogen and oxygen atoms in total. The number of benzene rings is 1. The molecule has 0 amide bonds. The van der Waals surface area contributed by atoms with Crippen LogP contribution in [0, 0.1) is 12.7 Å². The lowest BCUT2D eigenvalue weighted by atomic mass is 10.00. The van der Waals surface area contributed by atoms with Gasteiger partial charge in [0.2, 0.25) is 0 Å². The molecule has 1 aromatic heterocycles. The maximum Gasteiger partial charge on any atom is 0.142 e. The number of hydrogen-bond acceptors (Lipinski definition) is 1. The van der Waals surface area contributed by atoms with Crippen LogP contribution < -0.4 is 0 Å². The smallest absolute Gasteiger partial charge is 0.142 e. The van der Waals surface area contributed by atoms with Gasteiger partial charge in [-0.25, -0.2) is 4.39 Å². The molecule has 1 aromatic carbocycles. The molecule has 0 bridgehead atoms. The molecule has 130 valence electrons. The van der Waals surface area contributed by atoms with Crippen molar-refractivity contribution in [1.82, 2.24) is 4.57 Å². The SMILES string of the molecule is C=C/C(C)=C\c1c(C)c(-c2ccc(F)cc2)c(/C=C/C=O)n1C(C)C. The van der Waals surface area contributed by atoms with Crippen LogP contribution in [0.25, 0.3) is 23.3 Å². The summed E-state index contributed by atoms with van der Waals surface area (Å²) in [5.41, 5.74) is 6.09. The first-order valence-corrected chi connectivity index (χ1v) is 8.34. The lowest BCUT2D eigenvalue weighted by Gasteiger charge is -2.15. The van der Waals surface area contributed by atoms with Gasteiger partial charge in [0.1, 0.15) is 12.1 Å². The molecule has 0 unspecified atom stereocenters. The number of rotatable bonds is 6. The molecule has 0 aliphatic carbocycles. The molecule has 0 aliphatic heterocycles. The van der Waals surface area contributed by atoms with Gasteiger partial charge in [0.25, 0.3) is 0 Å². The number of aromatic nitrogens is 1. The van der Waals surface area contributed by atoms with Crippen molar-refractivity contribution in [1.29, 1.82) is 0 Å². The molecule has 0 spiro atoms. The van der Waals surface area contributed by atoms with E-state index < -0.39 is 0 Å². The van der Waals surface area contributed by atoms with Crippen LogP contribution in [0.5, 0.6) is 0 Å². The number of aldehydes is 1. The molecule has 2 rings (SSSR count). The van der Waals surface area contributed by atoms with Crippen LogP contribution in [0.1, 0.15) is 43.8 Å². The van der Waals surface area contributed by atoms with Crippen molar-refractivity contribution in [3.63, 3.8) is 0 Å². The van der Waals surface area contributed by atoms with Gasteiger partial charge < -0.3 is 4.57 Å². The van der Waals surface area contributed by atoms with E-state index in [9.17, 15) is 9.18 Å². The van der Waals surface area contributed by atoms with Gasteiger partial charge in [-0.15, -0.1) is 0 Å². The van der Waals surface area contributed by atoms with Gasteiger partial charge in [0.05, 0.1) is 0 Å². The van der Waals surface area contributed by atoms with Crippen LogP contribution in [0.4, 0.5) is 4.39 Å². The third-order valence-corrected chi connectivity index (χ3v) is 4.20. The van der Waals surface area contributed by atoms with Crippen molar-refractivity contribution in [3.8, 4) is 11.1 Å². The molecule has 0 aliphatic rings. The van der Waals surface area contributed by atoms with Crippen molar-refractivity contribution < 1.29 is 9.18 Å². The van der Waals surface area contributed by atoms with Crippen molar-refractivity contribution in [2.75, 3.05) is 0 Å². The highest BCUT2D eigenvalue weighted by atomic mass is 19.1. The van der Waals surface area contributed by atoms with Crippen LogP contribution in [0.3, 0.4) is 0 Å². The van der Waals surface area contributed by atoms with Gasteiger partial charge in [-0.05, 0) is 74.8 Å². The maximum absolute atomic E-state index is 13.4. The molecular formula is C22H24FNO. The zero-order valence-electron chi connectivity index (χ0n) is 15.2. The van der Waals surface area contributed by atoms with Gasteiger partial charge in [0, 0.05) is 23.0 Å². The summed E-state index contributed by atoms with van der Waals surface area (Å²) in [5, 5.41) is 0. The number of nitrogens with zero attached hydrogens (tertiary/aromatic N) is 1. The van der Waals surface area contributed by atoms with Crippen LogP contribution >= 0.6 is 0 Å². The average Bonchev–Trinajstić information content (AvgIpc) is 2.85. The standard InChI is InChI=1S/C22H24FNO/c1-6-16(4)14-21-17(5)22(18-9-11-19(23)12-10-18)20(8-7-13-25)24(21)15(2)3/h6-15H,1H2,2-5H3/b8-7+,16-14-. The van der Waals surface area contributed by atoms with Crippen molar-refractivity contribution in [3.05, 3.63) is 71.3 Å². The highest BCUT2D eigenvalue weighted by Crippen LogP contribution is 2.36. The Morgan fingerprint density at radius 1 is 1.20 bits per heavy atom. The fourth-order valence-corrected chi connectivity index (χ4v) is 3.03. The Bertz CT molecular complexity index is 836. The Morgan fingerprint density at radius 2 is 1.84 bits per heavy atom. The highest BCUT2D eigenvalue weighted by molar-refractivity contribution is 5.84. The third-order valence-electron chi connectivity index (χ3n) is 4.20. The summed E-state index contributed by atoms with van der Waals surface area (Å²) in [7, 11) is 0. The minimum absolute atomic E-state index is 0.197. The van der Waals surface area contributed by atoms with E-state index in [-0.39, 0.29) is 11.9 Å². The lowest BCUT2D eigenvalue weighted by Crippen LogP contribution is -2.05. The zero-order valence-corrected chi connectivity index (χ0v) is 15.2. The average molecular weight is 337 g/mol. The number of halogens is 1. The van der Waals surface area contributed by atoms with E-state index in [1.807, 2.05) is 19.1 Å². The molecule has 0 N–H and O–H groups in total. The van der Waals surface area contributed by atoms with E-state index in [0.29, 0.717) is 0 Å². The molecule has 0 fully saturated rings. The van der Waals surface area contributed by atoms with Crippen molar-refractivity contribution in [2.24, 2.45) is 0 Å². The van der Waals surface area contributed by atoms with Gasteiger partial charge >= 0.3 is 0 Å². The van der Waals surface area contributed by atoms with Gasteiger partial charge in [0.15, 0.2) is 0 Å². The fraction of sp³-hybridized carbons (Fsp3) is 0.227. The van der Waals surface area contributed by atoms with E-state index in [2.05, 4.69) is 38.0 Å². The molecule has 25 heavy (non-hydrogen) atoms. The third kappa shape index (κ3) is 3.87. The predicted molar refractivity (Wildman–Crippen MR) is 104 cm³/mol. The largest absolute Gasteiger partial charge is 0.338 e. The topological polar surface area (TPSA) is 22.0 Å². The summed E-state index contributed by atoms with van der Waals surface area (Å²) in [4.78, 5) is 10.9. The van der Waals surface area contributed by atoms with Crippen LogP contribution in [0.2, 0.25) is 0 Å². The van der Waals surface area contributed by atoms with Crippen LogP contribution in [-0.2, 0) is 4.79 Å². The monoisotopic (exact) mass is 337 g/mol. The molecule has 0 radical (unpaired) electrons. The molecule has 0 atom stereocenters. The first-order chi connectivity index (χ1) is 11.9. The first-order valence-electron chi connectivity index (χ1n) is 8.34. The predicted octanol–water partition coefficient (Wildman–Crippen LogP) is 5.98. The molecule has 2 aromatic rings. The van der Waals surface area contributed by atoms with E-state index in [0.717, 1.165) is 39.9 Å². The molecule has 0 saturated heterocycles. The number of hydrogen-bond donors (Lipinski definition) is 0. The number of carbonyl (C=O) groups is 1. The second-order valence-corrected chi connectivity index (χ2v) is 6.33. The second kappa shape index (κ2) is 7.93. The fourth-order valence-electron chi connectivity index (χ4n) is 3.03. The van der Waals surface area contributed by atoms with E-state index in [1.165, 1.54) is 18.2 Å². The van der Waals surface area contributed by atoms with Crippen LogP contribution in [-0.4, -0.2) is 10.9 Å². The molecule has 0 saturated carbocycles. The van der Waals surface area contributed by atoms with Crippen molar-refractivity contribution in [2.45, 2.75) is 33.7 Å². The summed E-state index contributed by atoms with van der Waals surface area (Å²) in [6, 6.07) is 6.66. The summed E-state index contributed by atoms with van der Waals surface area (Å²) >= 11 is 0. The number of carbonyl (C=O) groups excluding carboxylic acids is 1. The van der Waals surface area contributed by atoms with Crippen molar-refractivity contribution >= 4 is 18.4 Å². The normalized spacial score (nSPS) is 12.2. The molecule has 1 heterocycles. The minimum Gasteiger partial charge on any atom is -0.338 e. The first kappa shape index (κ1) is 18.7. The lowest BCUT2D eigenvalue weighted by molar-refractivity contribution is -0.104. The summed E-state index contributed by atoms with van der Waals surface area (Å²) in [5.74, 6) is -0.266. The van der Waals surface area contributed by atoms with Gasteiger partial charge in [-0.3, -0.25) is 4.79 Å². The summed E-state index contributed by atoms with van der Waals surface area (Å²) in [6.45, 7) is 12.1. The Balaban J connectivity index is 2.87. The highest BCUT2D eigenvalue weighted by Gasteiger charge is 2.20. The second-order valence-electron chi connectivity index (χ2n) is 6.33. The van der Waals surface area contributed by atoms with Gasteiger partial charge in [-0.2, -0.15) is 0 Å². The summed E-state index contributed by atoms with van der Waals surface area (Å²) < 4.78 is 15.5. The minimum atomic E-state index is -0.266. The maximum atomic E-state index is 13.4. The van der Waals surface area contributed by atoms with Crippen LogP contribution in [0.15, 0.2) is 48.6 Å². The van der Waals surface area contributed by atoms with E-state index >= 15 is 0 Å². The molecular weight excluding hydrogens is 313 g/mol. The Kier molecular flexibility index (Phi) is 5.92. The Hall–Kier alpha value is -2.68. The Morgan fingerprint density at radius 3 is 2.36 bits per heavy atom. The summed E-state index contributed by atoms with van der Waals surface area (Å²) in [6.07, 6.45) is 7.99. The zero-order chi connectivity index (χ0) is 18.6. The molecule has 3 heteroatoms. The van der Waals surface area contributed by atoms with E-state index in [1.54, 1.807) is 12.1 Å². The number of allylic oxidation sites excluding steroid dienone is 3. The quantitative estimate of drug-likeness (QED) is 0.361.